The summed E-state index contributed by atoms with van der Waals surface area (Å²) in [7, 11) is 3.61. The first kappa shape index (κ1) is 22.1. The lowest BCUT2D eigenvalue weighted by Gasteiger charge is -2.11. The monoisotopic (exact) mass is 466 g/mol. The number of methoxy groups -OCH3 is 1. The van der Waals surface area contributed by atoms with E-state index in [-0.39, 0.29) is 16.9 Å². The van der Waals surface area contributed by atoms with E-state index in [0.717, 1.165) is 27.9 Å². The molecule has 0 amide bonds. The van der Waals surface area contributed by atoms with Gasteiger partial charge in [0.15, 0.2) is 0 Å². The summed E-state index contributed by atoms with van der Waals surface area (Å²) in [5.41, 5.74) is 3.13. The maximum Gasteiger partial charge on any atom is 0.293 e. The maximum atomic E-state index is 13.5. The lowest BCUT2D eigenvalue weighted by Crippen LogP contribution is -2.23. The minimum atomic E-state index is -0.494. The lowest BCUT2D eigenvalue weighted by molar-refractivity contribution is -0.384. The van der Waals surface area contributed by atoms with E-state index >= 15 is 0 Å². The van der Waals surface area contributed by atoms with Crippen LogP contribution in [0.3, 0.4) is 0 Å². The summed E-state index contributed by atoms with van der Waals surface area (Å²) in [5, 5.41) is 13.1. The Kier molecular flexibility index (Phi) is 5.41. The molecule has 0 saturated carbocycles. The van der Waals surface area contributed by atoms with Gasteiger partial charge in [-0.3, -0.25) is 19.5 Å². The Bertz CT molecular complexity index is 1710. The van der Waals surface area contributed by atoms with Crippen molar-refractivity contribution in [3.8, 4) is 11.4 Å². The number of aryl methyl sites for hydroxylation is 1. The molecule has 174 valence electrons. The van der Waals surface area contributed by atoms with Gasteiger partial charge in [-0.2, -0.15) is 0 Å². The van der Waals surface area contributed by atoms with Gasteiger partial charge in [-0.25, -0.2) is 4.98 Å². The Morgan fingerprint density at radius 1 is 1.00 bits per heavy atom. The second-order valence-electron chi connectivity index (χ2n) is 8.15. The van der Waals surface area contributed by atoms with Gasteiger partial charge in [0.25, 0.3) is 11.2 Å². The number of rotatable bonds is 5. The van der Waals surface area contributed by atoms with Gasteiger partial charge in [0.05, 0.1) is 22.9 Å². The fourth-order valence-electron chi connectivity index (χ4n) is 4.38. The Balaban J connectivity index is 1.79. The number of para-hydroxylation sites is 3. The SMILES string of the molecule is COc1ccc2c(c1)c(/C=C/c1nc3ccccc3c(=O)n1-c1ccccc1[N+](=O)[O-])c(C)n2C. The second-order valence-corrected chi connectivity index (χ2v) is 8.15. The molecule has 0 bridgehead atoms. The van der Waals surface area contributed by atoms with Crippen LogP contribution in [0.1, 0.15) is 17.1 Å². The number of benzene rings is 3. The Morgan fingerprint density at radius 3 is 2.51 bits per heavy atom. The first-order valence-corrected chi connectivity index (χ1v) is 11.0. The Labute approximate surface area is 200 Å². The summed E-state index contributed by atoms with van der Waals surface area (Å²) >= 11 is 0. The smallest absolute Gasteiger partial charge is 0.293 e. The predicted molar refractivity (Wildman–Crippen MR) is 137 cm³/mol. The van der Waals surface area contributed by atoms with E-state index in [0.29, 0.717) is 16.7 Å². The zero-order valence-electron chi connectivity index (χ0n) is 19.4. The molecule has 2 aromatic heterocycles. The van der Waals surface area contributed by atoms with Crippen molar-refractivity contribution in [2.45, 2.75) is 6.92 Å². The average molecular weight is 466 g/mol. The Morgan fingerprint density at radius 2 is 1.74 bits per heavy atom. The molecule has 3 aromatic carbocycles. The van der Waals surface area contributed by atoms with Gasteiger partial charge in [0.2, 0.25) is 0 Å². The fraction of sp³-hybridized carbons (Fsp3) is 0.111. The Hall–Kier alpha value is -4.72. The summed E-state index contributed by atoms with van der Waals surface area (Å²) in [5.74, 6) is 1.03. The van der Waals surface area contributed by atoms with Gasteiger partial charge < -0.3 is 9.30 Å². The molecular formula is C27H22N4O4. The highest BCUT2D eigenvalue weighted by Gasteiger charge is 2.20. The first-order chi connectivity index (χ1) is 16.9. The molecule has 5 aromatic rings. The van der Waals surface area contributed by atoms with Crippen LogP contribution in [-0.2, 0) is 7.05 Å². The number of nitrogens with zero attached hydrogens (tertiary/aromatic N) is 4. The van der Waals surface area contributed by atoms with Crippen LogP contribution in [-0.4, -0.2) is 26.2 Å². The topological polar surface area (TPSA) is 92.2 Å². The lowest BCUT2D eigenvalue weighted by atomic mass is 10.1. The zero-order valence-corrected chi connectivity index (χ0v) is 19.4. The number of nitro groups is 1. The van der Waals surface area contributed by atoms with Crippen molar-refractivity contribution in [2.24, 2.45) is 7.05 Å². The number of nitro benzene ring substituents is 1. The third-order valence-corrected chi connectivity index (χ3v) is 6.27. The highest BCUT2D eigenvalue weighted by molar-refractivity contribution is 5.94. The molecule has 0 aliphatic carbocycles. The number of hydrogen-bond donors (Lipinski definition) is 0. The van der Waals surface area contributed by atoms with E-state index in [1.807, 2.05) is 38.2 Å². The normalized spacial score (nSPS) is 11.5. The van der Waals surface area contributed by atoms with Crippen LogP contribution >= 0.6 is 0 Å². The average Bonchev–Trinajstić information content (AvgIpc) is 3.11. The standard InChI is InChI=1S/C27H22N4O4/c1-17-19(21-16-18(35-3)12-14-23(21)29(17)2)13-15-26-28-22-9-5-4-8-20(22)27(32)30(26)24-10-6-7-11-25(24)31(33)34/h4-16H,1-3H3/b15-13+. The summed E-state index contributed by atoms with van der Waals surface area (Å²) in [6.07, 6.45) is 3.62. The van der Waals surface area contributed by atoms with Crippen LogP contribution in [0.2, 0.25) is 0 Å². The van der Waals surface area contributed by atoms with Crippen LogP contribution in [0.5, 0.6) is 5.75 Å². The minimum Gasteiger partial charge on any atom is -0.497 e. The summed E-state index contributed by atoms with van der Waals surface area (Å²) in [6.45, 7) is 2.01. The second kappa shape index (κ2) is 8.57. The van der Waals surface area contributed by atoms with Gasteiger partial charge in [-0.15, -0.1) is 0 Å². The fourth-order valence-corrected chi connectivity index (χ4v) is 4.38. The third kappa shape index (κ3) is 3.65. The van der Waals surface area contributed by atoms with E-state index in [9.17, 15) is 14.9 Å². The number of ether oxygens (including phenoxy) is 1. The van der Waals surface area contributed by atoms with Crippen LogP contribution in [0.4, 0.5) is 5.69 Å². The van der Waals surface area contributed by atoms with Crippen molar-refractivity contribution in [1.29, 1.82) is 0 Å². The molecule has 0 saturated heterocycles. The van der Waals surface area contributed by atoms with Crippen molar-refractivity contribution >= 4 is 39.6 Å². The summed E-state index contributed by atoms with van der Waals surface area (Å²) in [6, 6.07) is 19.0. The van der Waals surface area contributed by atoms with Gasteiger partial charge in [-0.1, -0.05) is 24.3 Å². The molecule has 0 unspecified atom stereocenters. The molecule has 2 heterocycles. The van der Waals surface area contributed by atoms with Gasteiger partial charge in [0.1, 0.15) is 17.3 Å². The molecule has 0 atom stereocenters. The highest BCUT2D eigenvalue weighted by atomic mass is 16.6. The number of hydrogen-bond acceptors (Lipinski definition) is 5. The van der Waals surface area contributed by atoms with Crippen molar-refractivity contribution in [2.75, 3.05) is 7.11 Å². The van der Waals surface area contributed by atoms with Crippen molar-refractivity contribution in [1.82, 2.24) is 14.1 Å². The van der Waals surface area contributed by atoms with Crippen LogP contribution < -0.4 is 10.3 Å². The van der Waals surface area contributed by atoms with Crippen molar-refractivity contribution < 1.29 is 9.66 Å². The van der Waals surface area contributed by atoms with E-state index in [2.05, 4.69) is 4.57 Å². The summed E-state index contributed by atoms with van der Waals surface area (Å²) in [4.78, 5) is 29.5. The van der Waals surface area contributed by atoms with Gasteiger partial charge in [-0.05, 0) is 55.5 Å². The molecule has 5 rings (SSSR count). The number of fused-ring (bicyclic) bond motifs is 2. The van der Waals surface area contributed by atoms with Crippen molar-refractivity contribution in [3.05, 3.63) is 104 Å². The molecular weight excluding hydrogens is 444 g/mol. The zero-order chi connectivity index (χ0) is 24.7. The van der Waals surface area contributed by atoms with Crippen LogP contribution in [0.15, 0.2) is 71.5 Å². The van der Waals surface area contributed by atoms with E-state index in [1.54, 1.807) is 55.7 Å². The largest absolute Gasteiger partial charge is 0.497 e. The van der Waals surface area contributed by atoms with E-state index < -0.39 is 4.92 Å². The predicted octanol–water partition coefficient (Wildman–Crippen LogP) is 5.27. The molecule has 0 radical (unpaired) electrons. The molecule has 0 aliphatic rings. The van der Waals surface area contributed by atoms with Crippen molar-refractivity contribution in [3.63, 3.8) is 0 Å². The third-order valence-electron chi connectivity index (χ3n) is 6.27. The number of aromatic nitrogens is 3. The molecule has 0 fully saturated rings. The quantitative estimate of drug-likeness (QED) is 0.260. The molecule has 0 spiro atoms. The molecule has 0 aliphatic heterocycles. The van der Waals surface area contributed by atoms with E-state index in [4.69, 9.17) is 9.72 Å². The summed E-state index contributed by atoms with van der Waals surface area (Å²) < 4.78 is 8.80. The van der Waals surface area contributed by atoms with E-state index in [1.165, 1.54) is 10.6 Å². The minimum absolute atomic E-state index is 0.164. The molecule has 0 N–H and O–H groups in total. The first-order valence-electron chi connectivity index (χ1n) is 11.0. The van der Waals surface area contributed by atoms with Crippen LogP contribution in [0.25, 0.3) is 39.6 Å². The highest BCUT2D eigenvalue weighted by Crippen LogP contribution is 2.30. The van der Waals surface area contributed by atoms with Gasteiger partial charge >= 0.3 is 0 Å². The van der Waals surface area contributed by atoms with Gasteiger partial charge in [0, 0.05) is 35.3 Å². The maximum absolute atomic E-state index is 13.5. The molecule has 8 heteroatoms. The molecule has 35 heavy (non-hydrogen) atoms. The van der Waals surface area contributed by atoms with Crippen LogP contribution in [0, 0.1) is 17.0 Å². The molecule has 8 nitrogen and oxygen atoms in total.